The van der Waals surface area contributed by atoms with Crippen LogP contribution in [0.1, 0.15) is 43.2 Å². The summed E-state index contributed by atoms with van der Waals surface area (Å²) in [6.45, 7) is 17.0. The van der Waals surface area contributed by atoms with Crippen LogP contribution in [0.2, 0.25) is 0 Å². The smallest absolute Gasteiger partial charge is 0.336 e. The highest BCUT2D eigenvalue weighted by Crippen LogP contribution is 2.35. The van der Waals surface area contributed by atoms with Crippen molar-refractivity contribution in [3.63, 3.8) is 0 Å². The van der Waals surface area contributed by atoms with Crippen molar-refractivity contribution in [3.8, 4) is 0 Å². The standard InChI is InChI=1S/C21H28NO3/c1-7-22(8-2,9-3)12-18-15(6)24-21-14(5)20-16(11-17(18)21)13(4)10-19(23)25-20/h10-11H,7-9,12H2,1-6H3/q+1. The summed E-state index contributed by atoms with van der Waals surface area (Å²) in [5.41, 5.74) is 4.30. The highest BCUT2D eigenvalue weighted by atomic mass is 16.4. The van der Waals surface area contributed by atoms with Gasteiger partial charge in [0, 0.05) is 22.4 Å². The summed E-state index contributed by atoms with van der Waals surface area (Å²) in [7, 11) is 0. The SMILES string of the molecule is CC[N+](CC)(CC)Cc1c(C)oc2c(C)c3oc(=O)cc(C)c3cc12. The predicted octanol–water partition coefficient (Wildman–Crippen LogP) is 4.84. The van der Waals surface area contributed by atoms with Crippen molar-refractivity contribution in [1.29, 1.82) is 0 Å². The van der Waals surface area contributed by atoms with E-state index in [1.165, 1.54) is 5.56 Å². The number of hydrogen-bond acceptors (Lipinski definition) is 3. The summed E-state index contributed by atoms with van der Waals surface area (Å²) in [5, 5.41) is 2.14. The third-order valence-electron chi connectivity index (χ3n) is 5.93. The van der Waals surface area contributed by atoms with Crippen LogP contribution in [0, 0.1) is 20.8 Å². The van der Waals surface area contributed by atoms with Gasteiger partial charge < -0.3 is 13.3 Å². The molecule has 1 aromatic carbocycles. The number of furan rings is 1. The molecule has 0 atom stereocenters. The first-order valence-electron chi connectivity index (χ1n) is 9.17. The Morgan fingerprint density at radius 1 is 0.880 bits per heavy atom. The Morgan fingerprint density at radius 2 is 1.48 bits per heavy atom. The summed E-state index contributed by atoms with van der Waals surface area (Å²) < 4.78 is 12.6. The molecule has 2 aromatic heterocycles. The molecule has 3 aromatic rings. The molecule has 3 rings (SSSR count). The largest absolute Gasteiger partial charge is 0.460 e. The van der Waals surface area contributed by atoms with Crippen molar-refractivity contribution in [1.82, 2.24) is 0 Å². The second-order valence-electron chi connectivity index (χ2n) is 7.09. The number of hydrogen-bond donors (Lipinski definition) is 0. The topological polar surface area (TPSA) is 43.4 Å². The molecular weight excluding hydrogens is 314 g/mol. The lowest BCUT2D eigenvalue weighted by molar-refractivity contribution is -0.936. The van der Waals surface area contributed by atoms with Crippen LogP contribution < -0.4 is 5.63 Å². The molecule has 4 nitrogen and oxygen atoms in total. The lowest BCUT2D eigenvalue weighted by Crippen LogP contribution is -2.46. The first kappa shape index (κ1) is 17.7. The van der Waals surface area contributed by atoms with Gasteiger partial charge >= 0.3 is 5.63 Å². The van der Waals surface area contributed by atoms with Crippen molar-refractivity contribution in [2.24, 2.45) is 0 Å². The van der Waals surface area contributed by atoms with Gasteiger partial charge in [0.2, 0.25) is 0 Å². The molecule has 0 radical (unpaired) electrons. The van der Waals surface area contributed by atoms with E-state index in [9.17, 15) is 4.79 Å². The van der Waals surface area contributed by atoms with E-state index in [4.69, 9.17) is 8.83 Å². The fraction of sp³-hybridized carbons (Fsp3) is 0.476. The maximum Gasteiger partial charge on any atom is 0.336 e. The van der Waals surface area contributed by atoms with Crippen LogP contribution in [0.3, 0.4) is 0 Å². The van der Waals surface area contributed by atoms with Gasteiger partial charge in [-0.1, -0.05) is 0 Å². The van der Waals surface area contributed by atoms with Crippen molar-refractivity contribution in [3.05, 3.63) is 45.0 Å². The normalized spacial score (nSPS) is 12.4. The summed E-state index contributed by atoms with van der Waals surface area (Å²) >= 11 is 0. The monoisotopic (exact) mass is 342 g/mol. The molecule has 0 aliphatic rings. The fourth-order valence-electron chi connectivity index (χ4n) is 3.89. The molecule has 0 aliphatic carbocycles. The van der Waals surface area contributed by atoms with E-state index in [0.717, 1.165) is 63.9 Å². The van der Waals surface area contributed by atoms with Crippen molar-refractivity contribution in [2.75, 3.05) is 19.6 Å². The van der Waals surface area contributed by atoms with Crippen LogP contribution in [-0.2, 0) is 6.54 Å². The molecule has 0 N–H and O–H groups in total. The van der Waals surface area contributed by atoms with Gasteiger partial charge in [-0.15, -0.1) is 0 Å². The van der Waals surface area contributed by atoms with Crippen LogP contribution in [0.5, 0.6) is 0 Å². The molecule has 4 heteroatoms. The minimum atomic E-state index is -0.311. The Balaban J connectivity index is 2.31. The molecule has 0 saturated heterocycles. The maximum absolute atomic E-state index is 11.8. The summed E-state index contributed by atoms with van der Waals surface area (Å²) in [6, 6.07) is 3.70. The van der Waals surface area contributed by atoms with Gasteiger partial charge in [0.25, 0.3) is 0 Å². The highest BCUT2D eigenvalue weighted by molar-refractivity contribution is 5.99. The van der Waals surface area contributed by atoms with Gasteiger partial charge in [-0.2, -0.15) is 0 Å². The molecule has 0 amide bonds. The number of aryl methyl sites for hydroxylation is 3. The van der Waals surface area contributed by atoms with Gasteiger partial charge in [0.1, 0.15) is 23.5 Å². The lowest BCUT2D eigenvalue weighted by Gasteiger charge is -2.35. The molecule has 0 bridgehead atoms. The Bertz CT molecular complexity index is 982. The third kappa shape index (κ3) is 2.78. The molecule has 0 spiro atoms. The van der Waals surface area contributed by atoms with E-state index in [2.05, 4.69) is 26.8 Å². The second-order valence-corrected chi connectivity index (χ2v) is 7.09. The molecule has 0 fully saturated rings. The minimum Gasteiger partial charge on any atom is -0.460 e. The number of fused-ring (bicyclic) bond motifs is 2. The third-order valence-corrected chi connectivity index (χ3v) is 5.93. The molecule has 134 valence electrons. The minimum absolute atomic E-state index is 0.311. The predicted molar refractivity (Wildman–Crippen MR) is 102 cm³/mol. The lowest BCUT2D eigenvalue weighted by atomic mass is 10.0. The number of nitrogens with zero attached hydrogens (tertiary/aromatic N) is 1. The highest BCUT2D eigenvalue weighted by Gasteiger charge is 2.26. The Hall–Kier alpha value is -2.07. The first-order chi connectivity index (χ1) is 11.9. The average molecular weight is 342 g/mol. The van der Waals surface area contributed by atoms with Crippen LogP contribution in [0.15, 0.2) is 25.8 Å². The van der Waals surface area contributed by atoms with Crippen molar-refractivity contribution >= 4 is 21.9 Å². The van der Waals surface area contributed by atoms with E-state index < -0.39 is 0 Å². The van der Waals surface area contributed by atoms with Crippen LogP contribution in [-0.4, -0.2) is 24.1 Å². The summed E-state index contributed by atoms with van der Waals surface area (Å²) in [6.07, 6.45) is 0. The fourth-order valence-corrected chi connectivity index (χ4v) is 3.89. The Kier molecular flexibility index (Phi) is 4.50. The molecule has 0 aliphatic heterocycles. The first-order valence-corrected chi connectivity index (χ1v) is 9.17. The molecule has 2 heterocycles. The van der Waals surface area contributed by atoms with Crippen LogP contribution >= 0.6 is 0 Å². The zero-order valence-electron chi connectivity index (χ0n) is 16.2. The molecule has 25 heavy (non-hydrogen) atoms. The Labute approximate surface area is 148 Å². The maximum atomic E-state index is 11.8. The van der Waals surface area contributed by atoms with Gasteiger partial charge in [-0.3, -0.25) is 0 Å². The van der Waals surface area contributed by atoms with Gasteiger partial charge in [0.15, 0.2) is 0 Å². The average Bonchev–Trinajstić information content (AvgIpc) is 2.90. The number of rotatable bonds is 5. The van der Waals surface area contributed by atoms with Gasteiger partial charge in [-0.05, 0) is 53.2 Å². The van der Waals surface area contributed by atoms with Crippen LogP contribution in [0.25, 0.3) is 21.9 Å². The zero-order chi connectivity index (χ0) is 18.4. The molecular formula is C21H28NO3+. The van der Waals surface area contributed by atoms with E-state index in [0.29, 0.717) is 5.58 Å². The van der Waals surface area contributed by atoms with Gasteiger partial charge in [0.05, 0.1) is 25.2 Å². The quantitative estimate of drug-likeness (QED) is 0.492. The number of benzene rings is 1. The summed E-state index contributed by atoms with van der Waals surface area (Å²) in [5.74, 6) is 0.964. The molecule has 0 saturated carbocycles. The van der Waals surface area contributed by atoms with Crippen molar-refractivity contribution < 1.29 is 13.3 Å². The van der Waals surface area contributed by atoms with E-state index in [1.807, 2.05) is 20.8 Å². The second kappa shape index (κ2) is 6.34. The summed E-state index contributed by atoms with van der Waals surface area (Å²) in [4.78, 5) is 11.8. The molecule has 0 unspecified atom stereocenters. The van der Waals surface area contributed by atoms with E-state index in [-0.39, 0.29) is 5.63 Å². The van der Waals surface area contributed by atoms with E-state index >= 15 is 0 Å². The number of quaternary nitrogens is 1. The van der Waals surface area contributed by atoms with Crippen molar-refractivity contribution in [2.45, 2.75) is 48.1 Å². The van der Waals surface area contributed by atoms with Gasteiger partial charge in [-0.25, -0.2) is 4.79 Å². The Morgan fingerprint density at radius 3 is 2.08 bits per heavy atom. The van der Waals surface area contributed by atoms with E-state index in [1.54, 1.807) is 6.07 Å². The van der Waals surface area contributed by atoms with Crippen LogP contribution in [0.4, 0.5) is 0 Å². The zero-order valence-corrected chi connectivity index (χ0v) is 16.2.